The summed E-state index contributed by atoms with van der Waals surface area (Å²) < 4.78 is 0. The van der Waals surface area contributed by atoms with Gasteiger partial charge in [0.25, 0.3) is 0 Å². The van der Waals surface area contributed by atoms with E-state index in [9.17, 15) is 0 Å². The molecule has 0 amide bonds. The van der Waals surface area contributed by atoms with Crippen LogP contribution >= 0.6 is 11.6 Å². The summed E-state index contributed by atoms with van der Waals surface area (Å²) in [7, 11) is 0. The molecule has 0 spiro atoms. The lowest BCUT2D eigenvalue weighted by molar-refractivity contribution is 1.32. The molecule has 0 radical (unpaired) electrons. The smallest absolute Gasteiger partial charge is 0.129 e. The lowest BCUT2D eigenvalue weighted by Crippen LogP contribution is -1.84. The van der Waals surface area contributed by atoms with Crippen LogP contribution in [-0.4, -0.2) is 9.97 Å². The van der Waals surface area contributed by atoms with Crippen LogP contribution in [0, 0.1) is 0 Å². The Hall–Kier alpha value is -1.54. The Morgan fingerprint density at radius 1 is 1.29 bits per heavy atom. The van der Waals surface area contributed by atoms with Gasteiger partial charge in [0.15, 0.2) is 0 Å². The number of aromatic amines is 1. The Kier molecular flexibility index (Phi) is 1.52. The van der Waals surface area contributed by atoms with E-state index in [1.165, 1.54) is 5.57 Å². The van der Waals surface area contributed by atoms with Gasteiger partial charge in [-0.3, -0.25) is 0 Å². The molecule has 14 heavy (non-hydrogen) atoms. The zero-order valence-corrected chi connectivity index (χ0v) is 8.05. The fourth-order valence-corrected chi connectivity index (χ4v) is 1.70. The van der Waals surface area contributed by atoms with Crippen LogP contribution in [0.2, 0.25) is 5.15 Å². The van der Waals surface area contributed by atoms with Crippen LogP contribution in [0.3, 0.4) is 0 Å². The highest BCUT2D eigenvalue weighted by molar-refractivity contribution is 6.30. The number of hydrogen-bond acceptors (Lipinski definition) is 1. The Morgan fingerprint density at radius 3 is 2.86 bits per heavy atom. The first-order valence-corrected chi connectivity index (χ1v) is 4.74. The zero-order chi connectivity index (χ0) is 9.54. The fraction of sp³-hybridized carbons (Fsp3) is 0. The third kappa shape index (κ3) is 1.08. The summed E-state index contributed by atoms with van der Waals surface area (Å²) in [6.45, 7) is 0. The van der Waals surface area contributed by atoms with Gasteiger partial charge < -0.3 is 4.98 Å². The average Bonchev–Trinajstić information content (AvgIpc) is 2.43. The number of allylic oxidation sites excluding steroid dienone is 4. The maximum Gasteiger partial charge on any atom is 0.129 e. The molecule has 68 valence electrons. The number of aromatic nitrogens is 2. The van der Waals surface area contributed by atoms with E-state index in [-0.39, 0.29) is 0 Å². The van der Waals surface area contributed by atoms with Crippen molar-refractivity contribution in [3.63, 3.8) is 0 Å². The molecule has 0 saturated heterocycles. The first-order valence-electron chi connectivity index (χ1n) is 4.36. The number of hydrogen-bond donors (Lipinski definition) is 1. The first kappa shape index (κ1) is 7.83. The quantitative estimate of drug-likeness (QED) is 0.707. The molecule has 2 aromatic heterocycles. The van der Waals surface area contributed by atoms with Crippen molar-refractivity contribution in [2.24, 2.45) is 0 Å². The molecule has 3 heteroatoms. The number of H-pyrrole nitrogens is 1. The molecule has 0 fully saturated rings. The molecule has 0 aromatic carbocycles. The average molecular weight is 203 g/mol. The molecule has 1 N–H and O–H groups in total. The van der Waals surface area contributed by atoms with Gasteiger partial charge >= 0.3 is 0 Å². The van der Waals surface area contributed by atoms with Crippen molar-refractivity contribution >= 4 is 28.1 Å². The molecule has 0 aliphatic heterocycles. The molecule has 0 unspecified atom stereocenters. The van der Waals surface area contributed by atoms with E-state index >= 15 is 0 Å². The Morgan fingerprint density at radius 2 is 2.14 bits per heavy atom. The molecule has 1 aliphatic carbocycles. The summed E-state index contributed by atoms with van der Waals surface area (Å²) in [6, 6.07) is 3.94. The molecular weight excluding hydrogens is 196 g/mol. The normalized spacial score (nSPS) is 14.2. The lowest BCUT2D eigenvalue weighted by Gasteiger charge is -2.02. The Balaban J connectivity index is 2.20. The van der Waals surface area contributed by atoms with Gasteiger partial charge in [-0.15, -0.1) is 0 Å². The molecule has 0 saturated carbocycles. The summed E-state index contributed by atoms with van der Waals surface area (Å²) in [5.74, 6) is 0. The highest BCUT2D eigenvalue weighted by atomic mass is 35.5. The Bertz CT molecular complexity index is 564. The largest absolute Gasteiger partial charge is 0.353 e. The summed E-state index contributed by atoms with van der Waals surface area (Å²) in [5.41, 5.74) is 3.36. The number of rotatable bonds is 1. The first-order chi connectivity index (χ1) is 6.83. The van der Waals surface area contributed by atoms with Crippen LogP contribution in [0.5, 0.6) is 0 Å². The van der Waals surface area contributed by atoms with E-state index in [4.69, 9.17) is 11.6 Å². The van der Waals surface area contributed by atoms with Crippen LogP contribution in [0.25, 0.3) is 16.5 Å². The van der Waals surface area contributed by atoms with Gasteiger partial charge in [0.05, 0.1) is 11.7 Å². The van der Waals surface area contributed by atoms with Gasteiger partial charge in [0.2, 0.25) is 0 Å². The van der Waals surface area contributed by atoms with E-state index in [1.807, 2.05) is 12.1 Å². The highest BCUT2D eigenvalue weighted by Crippen LogP contribution is 2.25. The maximum atomic E-state index is 5.80. The summed E-state index contributed by atoms with van der Waals surface area (Å²) in [5, 5.41) is 1.63. The van der Waals surface area contributed by atoms with Crippen LogP contribution in [0.15, 0.2) is 36.6 Å². The number of nitrogens with zero attached hydrogens (tertiary/aromatic N) is 1. The topological polar surface area (TPSA) is 28.7 Å². The molecule has 0 atom stereocenters. The minimum Gasteiger partial charge on any atom is -0.353 e. The van der Waals surface area contributed by atoms with Crippen molar-refractivity contribution in [2.45, 2.75) is 0 Å². The van der Waals surface area contributed by atoms with E-state index in [2.05, 4.69) is 28.2 Å². The second-order valence-electron chi connectivity index (χ2n) is 3.26. The van der Waals surface area contributed by atoms with E-state index in [1.54, 1.807) is 6.20 Å². The third-order valence-electron chi connectivity index (χ3n) is 2.33. The number of halogens is 1. The monoisotopic (exact) mass is 202 g/mol. The third-order valence-corrected chi connectivity index (χ3v) is 2.54. The van der Waals surface area contributed by atoms with E-state index in [0.717, 1.165) is 16.6 Å². The van der Waals surface area contributed by atoms with Crippen LogP contribution < -0.4 is 0 Å². The van der Waals surface area contributed by atoms with Gasteiger partial charge in [-0.05, 0) is 17.7 Å². The van der Waals surface area contributed by atoms with Crippen LogP contribution in [0.4, 0.5) is 0 Å². The highest BCUT2D eigenvalue weighted by Gasteiger charge is 2.06. The second-order valence-corrected chi connectivity index (χ2v) is 3.65. The van der Waals surface area contributed by atoms with Crippen molar-refractivity contribution in [1.82, 2.24) is 9.97 Å². The zero-order valence-electron chi connectivity index (χ0n) is 7.29. The summed E-state index contributed by atoms with van der Waals surface area (Å²) in [4.78, 5) is 7.30. The summed E-state index contributed by atoms with van der Waals surface area (Å²) >= 11 is 5.80. The van der Waals surface area contributed by atoms with Gasteiger partial charge in [0, 0.05) is 11.1 Å². The second kappa shape index (κ2) is 2.72. The molecule has 2 aromatic rings. The molecule has 0 bridgehead atoms. The van der Waals surface area contributed by atoms with Crippen molar-refractivity contribution < 1.29 is 0 Å². The minimum atomic E-state index is 0.529. The predicted molar refractivity (Wildman–Crippen MR) is 58.2 cm³/mol. The molecule has 2 nitrogen and oxygen atoms in total. The van der Waals surface area contributed by atoms with Crippen molar-refractivity contribution in [3.8, 4) is 0 Å². The van der Waals surface area contributed by atoms with Gasteiger partial charge in [-0.1, -0.05) is 29.8 Å². The van der Waals surface area contributed by atoms with E-state index < -0.39 is 0 Å². The van der Waals surface area contributed by atoms with Gasteiger partial charge in [-0.25, -0.2) is 4.98 Å². The van der Waals surface area contributed by atoms with Crippen LogP contribution in [-0.2, 0) is 0 Å². The minimum absolute atomic E-state index is 0.529. The lowest BCUT2D eigenvalue weighted by atomic mass is 10.1. The van der Waals surface area contributed by atoms with Gasteiger partial charge in [0.1, 0.15) is 5.15 Å². The van der Waals surface area contributed by atoms with Crippen molar-refractivity contribution in [3.05, 3.63) is 47.4 Å². The van der Waals surface area contributed by atoms with Crippen molar-refractivity contribution in [2.75, 3.05) is 0 Å². The fourth-order valence-electron chi connectivity index (χ4n) is 1.53. The Labute approximate surface area is 85.9 Å². The number of nitrogens with one attached hydrogen (secondary N) is 1. The van der Waals surface area contributed by atoms with Crippen molar-refractivity contribution in [1.29, 1.82) is 0 Å². The number of pyridine rings is 1. The summed E-state index contributed by atoms with van der Waals surface area (Å²) in [6.07, 6.45) is 7.91. The SMILES string of the molecule is Clc1cc2cc(C3=CC=C3)[nH]c2cn1. The van der Waals surface area contributed by atoms with E-state index in [0.29, 0.717) is 5.15 Å². The predicted octanol–water partition coefficient (Wildman–Crippen LogP) is 3.17. The molecular formula is C11H7ClN2. The molecule has 1 aliphatic rings. The molecule has 3 rings (SSSR count). The maximum absolute atomic E-state index is 5.80. The number of fused-ring (bicyclic) bond motifs is 1. The van der Waals surface area contributed by atoms with Gasteiger partial charge in [-0.2, -0.15) is 0 Å². The van der Waals surface area contributed by atoms with Crippen LogP contribution in [0.1, 0.15) is 5.69 Å². The standard InChI is InChI=1S/C11H7ClN2/c12-11-5-8-4-9(7-2-1-3-7)14-10(8)6-13-11/h1-6,14H. The molecule has 2 heterocycles.